The van der Waals surface area contributed by atoms with E-state index in [0.29, 0.717) is 17.3 Å². The summed E-state index contributed by atoms with van der Waals surface area (Å²) in [6, 6.07) is 15.0. The molecule has 0 aliphatic carbocycles. The number of methoxy groups -OCH3 is 1. The highest BCUT2D eigenvalue weighted by Crippen LogP contribution is 2.40. The van der Waals surface area contributed by atoms with E-state index in [9.17, 15) is 14.9 Å². The van der Waals surface area contributed by atoms with Crippen LogP contribution in [0.4, 0.5) is 11.4 Å². The maximum absolute atomic E-state index is 12.9. The maximum Gasteiger partial charge on any atom is 0.220 e. The molecule has 8 nitrogen and oxygen atoms in total. The predicted molar refractivity (Wildman–Crippen MR) is 135 cm³/mol. The number of nitriles is 1. The fourth-order valence-electron chi connectivity index (χ4n) is 4.11. The van der Waals surface area contributed by atoms with E-state index in [0.717, 1.165) is 16.9 Å². The molecule has 3 rings (SSSR count). The van der Waals surface area contributed by atoms with Gasteiger partial charge in [-0.1, -0.05) is 18.2 Å². The third kappa shape index (κ3) is 5.57. The van der Waals surface area contributed by atoms with Gasteiger partial charge in [0.15, 0.2) is 17.3 Å². The first-order chi connectivity index (χ1) is 16.7. The molecule has 35 heavy (non-hydrogen) atoms. The van der Waals surface area contributed by atoms with Crippen LogP contribution in [0.2, 0.25) is 0 Å². The van der Waals surface area contributed by atoms with Crippen LogP contribution in [0.3, 0.4) is 0 Å². The summed E-state index contributed by atoms with van der Waals surface area (Å²) in [4.78, 5) is 29.2. The Morgan fingerprint density at radius 1 is 1.00 bits per heavy atom. The van der Waals surface area contributed by atoms with Crippen molar-refractivity contribution in [2.24, 2.45) is 0 Å². The number of fused-ring (bicyclic) bond motifs is 1. The number of rotatable bonds is 9. The number of hydrogen-bond donors (Lipinski definition) is 1. The monoisotopic (exact) mass is 476 g/mol. The van der Waals surface area contributed by atoms with Gasteiger partial charge in [-0.3, -0.25) is 9.59 Å². The first-order valence-corrected chi connectivity index (χ1v) is 11.6. The second-order valence-electron chi connectivity index (χ2n) is 8.71. The quantitative estimate of drug-likeness (QED) is 0.425. The normalized spacial score (nSPS) is 13.3. The van der Waals surface area contributed by atoms with Crippen molar-refractivity contribution < 1.29 is 19.1 Å². The first kappa shape index (κ1) is 25.6. The molecule has 0 radical (unpaired) electrons. The molecular formula is C27H32N4O4. The summed E-state index contributed by atoms with van der Waals surface area (Å²) in [5.74, 6) is 1.10. The van der Waals surface area contributed by atoms with Crippen molar-refractivity contribution in [1.29, 1.82) is 5.26 Å². The number of anilines is 2. The Morgan fingerprint density at radius 2 is 1.63 bits per heavy atom. The number of hydrogen-bond acceptors (Lipinski definition) is 7. The van der Waals surface area contributed by atoms with Gasteiger partial charge in [-0.05, 0) is 50.6 Å². The van der Waals surface area contributed by atoms with Crippen molar-refractivity contribution in [3.63, 3.8) is 0 Å². The van der Waals surface area contributed by atoms with Gasteiger partial charge in [0.2, 0.25) is 5.91 Å². The summed E-state index contributed by atoms with van der Waals surface area (Å²) in [5, 5.41) is 12.7. The Bertz CT molecular complexity index is 1150. The Morgan fingerprint density at radius 3 is 2.17 bits per heavy atom. The lowest BCUT2D eigenvalue weighted by atomic mass is 10.1. The largest absolute Gasteiger partial charge is 0.493 e. The Balaban J connectivity index is 1.65. The second kappa shape index (κ2) is 11.0. The number of ketones is 1. The number of nitrogens with one attached hydrogen (secondary N) is 1. The summed E-state index contributed by atoms with van der Waals surface area (Å²) in [6.45, 7) is 5.74. The standard InChI is InChI=1S/C27H32N4O4/c1-17(2)35-24-13-11-19(15-25(24)34-6)18(3)29-26(33)14-12-23(32)20(16-28)27-30(4)21-9-7-8-10-22(21)31(27)5/h7-11,13,15,17-18H,12,14H2,1-6H3,(H,29,33). The van der Waals surface area contributed by atoms with Crippen LogP contribution in [0.1, 0.15) is 45.2 Å². The molecule has 0 saturated heterocycles. The number of para-hydroxylation sites is 2. The molecule has 0 fully saturated rings. The number of carbonyl (C=O) groups excluding carboxylic acids is 2. The molecule has 0 bridgehead atoms. The van der Waals surface area contributed by atoms with Crippen LogP contribution in [-0.2, 0) is 9.59 Å². The molecule has 1 aliphatic rings. The molecule has 0 aromatic heterocycles. The van der Waals surface area contributed by atoms with Crippen LogP contribution in [0.15, 0.2) is 53.9 Å². The molecule has 1 heterocycles. The highest BCUT2D eigenvalue weighted by atomic mass is 16.5. The summed E-state index contributed by atoms with van der Waals surface area (Å²) in [6.07, 6.45) is -0.0723. The molecule has 2 aromatic carbocycles. The molecule has 1 atom stereocenters. The maximum atomic E-state index is 12.9. The Labute approximate surface area is 206 Å². The number of benzene rings is 2. The van der Waals surface area contributed by atoms with Gasteiger partial charge in [0, 0.05) is 26.9 Å². The SMILES string of the molecule is COc1cc(C(C)NC(=O)CCC(=O)C(C#N)=C2N(C)c3ccccc3N2C)ccc1OC(C)C. The molecule has 2 aromatic rings. The van der Waals surface area contributed by atoms with E-state index >= 15 is 0 Å². The summed E-state index contributed by atoms with van der Waals surface area (Å²) < 4.78 is 11.2. The van der Waals surface area contributed by atoms with Crippen molar-refractivity contribution in [2.75, 3.05) is 31.0 Å². The highest BCUT2D eigenvalue weighted by Gasteiger charge is 2.31. The van der Waals surface area contributed by atoms with Crippen molar-refractivity contribution in [2.45, 2.75) is 45.8 Å². The van der Waals surface area contributed by atoms with Crippen molar-refractivity contribution in [3.05, 3.63) is 59.4 Å². The third-order valence-electron chi connectivity index (χ3n) is 5.86. The fraction of sp³-hybridized carbons (Fsp3) is 0.370. The molecule has 0 saturated carbocycles. The van der Waals surface area contributed by atoms with Gasteiger partial charge in [-0.15, -0.1) is 0 Å². The summed E-state index contributed by atoms with van der Waals surface area (Å²) >= 11 is 0. The van der Waals surface area contributed by atoms with Crippen LogP contribution in [0.5, 0.6) is 11.5 Å². The van der Waals surface area contributed by atoms with E-state index in [2.05, 4.69) is 11.4 Å². The molecular weight excluding hydrogens is 444 g/mol. The summed E-state index contributed by atoms with van der Waals surface area (Å²) in [5.41, 5.74) is 2.72. The molecule has 8 heteroatoms. The number of carbonyl (C=O) groups is 2. The zero-order valence-corrected chi connectivity index (χ0v) is 21.1. The molecule has 1 aliphatic heterocycles. The van der Waals surface area contributed by atoms with Crippen LogP contribution in [0.25, 0.3) is 0 Å². The van der Waals surface area contributed by atoms with Gasteiger partial charge in [-0.2, -0.15) is 5.26 Å². The van der Waals surface area contributed by atoms with Crippen LogP contribution in [0, 0.1) is 11.3 Å². The van der Waals surface area contributed by atoms with Crippen LogP contribution in [-0.4, -0.2) is 39.0 Å². The number of allylic oxidation sites excluding steroid dienone is 1. The summed E-state index contributed by atoms with van der Waals surface area (Å²) in [7, 11) is 5.21. The van der Waals surface area contributed by atoms with Gasteiger partial charge >= 0.3 is 0 Å². The number of amides is 1. The number of nitrogens with zero attached hydrogens (tertiary/aromatic N) is 3. The Hall–Kier alpha value is -3.99. The number of Topliss-reactive ketones (excluding diaryl/α,β-unsaturated/α-hetero) is 1. The van der Waals surface area contributed by atoms with Gasteiger partial charge < -0.3 is 24.6 Å². The lowest BCUT2D eigenvalue weighted by Crippen LogP contribution is -2.28. The third-order valence-corrected chi connectivity index (χ3v) is 5.86. The fourth-order valence-corrected chi connectivity index (χ4v) is 4.11. The minimum absolute atomic E-state index is 0.00987. The zero-order chi connectivity index (χ0) is 25.7. The predicted octanol–water partition coefficient (Wildman–Crippen LogP) is 4.33. The molecule has 184 valence electrons. The lowest BCUT2D eigenvalue weighted by Gasteiger charge is -2.20. The van der Waals surface area contributed by atoms with E-state index in [-0.39, 0.29) is 42.3 Å². The average Bonchev–Trinajstić information content (AvgIpc) is 3.08. The first-order valence-electron chi connectivity index (χ1n) is 11.6. The van der Waals surface area contributed by atoms with Gasteiger partial charge in [-0.25, -0.2) is 0 Å². The highest BCUT2D eigenvalue weighted by molar-refractivity contribution is 6.03. The minimum atomic E-state index is -0.367. The van der Waals surface area contributed by atoms with E-state index < -0.39 is 0 Å². The van der Waals surface area contributed by atoms with E-state index in [1.807, 2.05) is 87.1 Å². The second-order valence-corrected chi connectivity index (χ2v) is 8.71. The lowest BCUT2D eigenvalue weighted by molar-refractivity contribution is -0.124. The van der Waals surface area contributed by atoms with Gasteiger partial charge in [0.25, 0.3) is 0 Å². The Kier molecular flexibility index (Phi) is 8.02. The number of ether oxygens (including phenoxy) is 2. The van der Waals surface area contributed by atoms with E-state index in [4.69, 9.17) is 9.47 Å². The van der Waals surface area contributed by atoms with E-state index in [1.165, 1.54) is 0 Å². The topological polar surface area (TPSA) is 94.9 Å². The van der Waals surface area contributed by atoms with Gasteiger partial charge in [0.05, 0.1) is 30.6 Å². The smallest absolute Gasteiger partial charge is 0.220 e. The average molecular weight is 477 g/mol. The van der Waals surface area contributed by atoms with Crippen molar-refractivity contribution >= 4 is 23.1 Å². The van der Waals surface area contributed by atoms with Crippen LogP contribution >= 0.6 is 0 Å². The van der Waals surface area contributed by atoms with Gasteiger partial charge in [0.1, 0.15) is 17.5 Å². The minimum Gasteiger partial charge on any atom is -0.493 e. The molecule has 1 unspecified atom stereocenters. The molecule has 0 spiro atoms. The van der Waals surface area contributed by atoms with Crippen LogP contribution < -0.4 is 24.6 Å². The zero-order valence-electron chi connectivity index (χ0n) is 21.1. The molecule has 1 N–H and O–H groups in total. The molecule has 1 amide bonds. The van der Waals surface area contributed by atoms with Crippen molar-refractivity contribution in [3.8, 4) is 17.6 Å². The van der Waals surface area contributed by atoms with E-state index in [1.54, 1.807) is 7.11 Å². The van der Waals surface area contributed by atoms with Crippen molar-refractivity contribution in [1.82, 2.24) is 5.32 Å².